The van der Waals surface area contributed by atoms with E-state index in [0.717, 1.165) is 18.4 Å². The maximum absolute atomic E-state index is 12.4. The molecule has 0 unspecified atom stereocenters. The molecule has 1 fully saturated rings. The van der Waals surface area contributed by atoms with Crippen LogP contribution in [0.15, 0.2) is 48.5 Å². The van der Waals surface area contributed by atoms with Crippen LogP contribution in [0.1, 0.15) is 28.8 Å². The van der Waals surface area contributed by atoms with Crippen molar-refractivity contribution in [1.82, 2.24) is 10.2 Å². The lowest BCUT2D eigenvalue weighted by atomic mass is 10.0. The molecule has 2 aromatic carbocycles. The second kappa shape index (κ2) is 8.23. The third-order valence-corrected chi connectivity index (χ3v) is 4.81. The van der Waals surface area contributed by atoms with Crippen molar-refractivity contribution in [2.45, 2.75) is 25.3 Å². The molecule has 0 aliphatic carbocycles. The van der Waals surface area contributed by atoms with Gasteiger partial charge in [0.15, 0.2) is 0 Å². The quantitative estimate of drug-likeness (QED) is 0.866. The minimum Gasteiger partial charge on any atom is -0.508 e. The third kappa shape index (κ3) is 4.76. The first-order valence-corrected chi connectivity index (χ1v) is 9.01. The predicted molar refractivity (Wildman–Crippen MR) is 100 cm³/mol. The van der Waals surface area contributed by atoms with Gasteiger partial charge in [-0.25, -0.2) is 0 Å². The summed E-state index contributed by atoms with van der Waals surface area (Å²) in [6.45, 7) is 1.24. The lowest BCUT2D eigenvalue weighted by Crippen LogP contribution is -2.46. The standard InChI is InChI=1S/C20H21ClN2O3/c21-16-6-4-14(5-7-16)12-19(25)23-10-8-17(9-11-23)22-20(26)15-2-1-3-18(24)13-15/h1-7,13,17,24H,8-12H2,(H,22,26). The van der Waals surface area contributed by atoms with Gasteiger partial charge in [0, 0.05) is 29.7 Å². The normalized spacial score (nSPS) is 14.9. The van der Waals surface area contributed by atoms with Crippen LogP contribution < -0.4 is 5.32 Å². The molecule has 26 heavy (non-hydrogen) atoms. The average molecular weight is 373 g/mol. The number of phenolic OH excluding ortho intramolecular Hbond substituents is 1. The van der Waals surface area contributed by atoms with Gasteiger partial charge in [0.2, 0.25) is 5.91 Å². The van der Waals surface area contributed by atoms with Crippen molar-refractivity contribution in [3.63, 3.8) is 0 Å². The molecule has 0 atom stereocenters. The second-order valence-electron chi connectivity index (χ2n) is 6.48. The molecular formula is C20H21ClN2O3. The minimum atomic E-state index is -0.202. The van der Waals surface area contributed by atoms with E-state index < -0.39 is 0 Å². The molecule has 0 saturated carbocycles. The van der Waals surface area contributed by atoms with Gasteiger partial charge in [0.05, 0.1) is 6.42 Å². The summed E-state index contributed by atoms with van der Waals surface area (Å²) in [5.74, 6) is -0.0443. The Bertz CT molecular complexity index is 784. The van der Waals surface area contributed by atoms with E-state index in [1.807, 2.05) is 17.0 Å². The van der Waals surface area contributed by atoms with Crippen molar-refractivity contribution in [2.75, 3.05) is 13.1 Å². The smallest absolute Gasteiger partial charge is 0.251 e. The zero-order valence-corrected chi connectivity index (χ0v) is 15.1. The number of piperidine rings is 1. The van der Waals surface area contributed by atoms with E-state index in [4.69, 9.17) is 11.6 Å². The van der Waals surface area contributed by atoms with Crippen LogP contribution in [0.4, 0.5) is 0 Å². The Kier molecular flexibility index (Phi) is 5.78. The minimum absolute atomic E-state index is 0.0319. The molecule has 5 nitrogen and oxygen atoms in total. The van der Waals surface area contributed by atoms with E-state index in [0.29, 0.717) is 30.1 Å². The van der Waals surface area contributed by atoms with E-state index in [2.05, 4.69) is 5.32 Å². The number of amides is 2. The Morgan fingerprint density at radius 3 is 2.46 bits per heavy atom. The number of benzene rings is 2. The lowest BCUT2D eigenvalue weighted by molar-refractivity contribution is -0.131. The highest BCUT2D eigenvalue weighted by Gasteiger charge is 2.24. The summed E-state index contributed by atoms with van der Waals surface area (Å²) in [6, 6.07) is 13.6. The van der Waals surface area contributed by atoms with Crippen molar-refractivity contribution < 1.29 is 14.7 Å². The van der Waals surface area contributed by atoms with Gasteiger partial charge in [-0.05, 0) is 48.7 Å². The van der Waals surface area contributed by atoms with Gasteiger partial charge in [-0.3, -0.25) is 9.59 Å². The molecule has 0 bridgehead atoms. The van der Waals surface area contributed by atoms with Crippen LogP contribution in [-0.2, 0) is 11.2 Å². The maximum Gasteiger partial charge on any atom is 0.251 e. The van der Waals surface area contributed by atoms with E-state index in [-0.39, 0.29) is 23.6 Å². The van der Waals surface area contributed by atoms with Gasteiger partial charge in [0.1, 0.15) is 5.75 Å². The van der Waals surface area contributed by atoms with Crippen LogP contribution in [-0.4, -0.2) is 41.0 Å². The molecule has 2 amide bonds. The number of phenols is 1. The molecular weight excluding hydrogens is 352 g/mol. The predicted octanol–water partition coefficient (Wildman–Crippen LogP) is 3.01. The van der Waals surface area contributed by atoms with E-state index in [1.54, 1.807) is 24.3 Å². The van der Waals surface area contributed by atoms with Gasteiger partial charge in [0.25, 0.3) is 5.91 Å². The zero-order valence-electron chi connectivity index (χ0n) is 14.3. The van der Waals surface area contributed by atoms with Crippen LogP contribution >= 0.6 is 11.6 Å². The van der Waals surface area contributed by atoms with Crippen molar-refractivity contribution in [2.24, 2.45) is 0 Å². The van der Waals surface area contributed by atoms with Gasteiger partial charge < -0.3 is 15.3 Å². The number of hydrogen-bond acceptors (Lipinski definition) is 3. The number of carbonyl (C=O) groups excluding carboxylic acids is 2. The molecule has 2 N–H and O–H groups in total. The molecule has 1 aliphatic rings. The van der Waals surface area contributed by atoms with Crippen LogP contribution in [0, 0.1) is 0 Å². The summed E-state index contributed by atoms with van der Waals surface area (Å²) in [4.78, 5) is 26.5. The number of halogens is 1. The largest absolute Gasteiger partial charge is 0.508 e. The summed E-state index contributed by atoms with van der Waals surface area (Å²) in [6.07, 6.45) is 1.80. The van der Waals surface area contributed by atoms with Crippen LogP contribution in [0.2, 0.25) is 5.02 Å². The Labute approximate surface area is 157 Å². The molecule has 0 radical (unpaired) electrons. The van der Waals surface area contributed by atoms with Crippen LogP contribution in [0.5, 0.6) is 5.75 Å². The Morgan fingerprint density at radius 1 is 1.12 bits per heavy atom. The number of hydrogen-bond donors (Lipinski definition) is 2. The molecule has 6 heteroatoms. The summed E-state index contributed by atoms with van der Waals surface area (Å²) >= 11 is 5.86. The summed E-state index contributed by atoms with van der Waals surface area (Å²) in [7, 11) is 0. The molecule has 1 saturated heterocycles. The number of rotatable bonds is 4. The topological polar surface area (TPSA) is 69.6 Å². The van der Waals surface area contributed by atoms with Crippen LogP contribution in [0.3, 0.4) is 0 Å². The van der Waals surface area contributed by atoms with Crippen molar-refractivity contribution in [3.8, 4) is 5.75 Å². The summed E-state index contributed by atoms with van der Waals surface area (Å²) in [5, 5.41) is 13.1. The molecule has 0 spiro atoms. The number of aromatic hydroxyl groups is 1. The molecule has 2 aromatic rings. The summed E-state index contributed by atoms with van der Waals surface area (Å²) < 4.78 is 0. The van der Waals surface area contributed by atoms with E-state index in [9.17, 15) is 14.7 Å². The summed E-state index contributed by atoms with van der Waals surface area (Å²) in [5.41, 5.74) is 1.38. The second-order valence-corrected chi connectivity index (χ2v) is 6.92. The average Bonchev–Trinajstić information content (AvgIpc) is 2.64. The molecule has 1 aliphatic heterocycles. The van der Waals surface area contributed by atoms with Gasteiger partial charge in [-0.1, -0.05) is 29.8 Å². The monoisotopic (exact) mass is 372 g/mol. The van der Waals surface area contributed by atoms with Gasteiger partial charge >= 0.3 is 0 Å². The number of nitrogens with one attached hydrogen (secondary N) is 1. The number of nitrogens with zero attached hydrogens (tertiary/aromatic N) is 1. The first-order valence-electron chi connectivity index (χ1n) is 8.63. The van der Waals surface area contributed by atoms with Crippen molar-refractivity contribution >= 4 is 23.4 Å². The molecule has 1 heterocycles. The highest BCUT2D eigenvalue weighted by atomic mass is 35.5. The Morgan fingerprint density at radius 2 is 1.81 bits per heavy atom. The molecule has 0 aromatic heterocycles. The van der Waals surface area contributed by atoms with Crippen molar-refractivity contribution in [1.29, 1.82) is 0 Å². The van der Waals surface area contributed by atoms with Gasteiger partial charge in [-0.15, -0.1) is 0 Å². The third-order valence-electron chi connectivity index (χ3n) is 4.56. The Balaban J connectivity index is 1.48. The SMILES string of the molecule is O=C(NC1CCN(C(=O)Cc2ccc(Cl)cc2)CC1)c1cccc(O)c1. The molecule has 3 rings (SSSR count). The number of carbonyl (C=O) groups is 2. The van der Waals surface area contributed by atoms with Gasteiger partial charge in [-0.2, -0.15) is 0 Å². The highest BCUT2D eigenvalue weighted by Crippen LogP contribution is 2.16. The fourth-order valence-corrected chi connectivity index (χ4v) is 3.20. The first-order chi connectivity index (χ1) is 12.5. The maximum atomic E-state index is 12.4. The number of likely N-dealkylation sites (tertiary alicyclic amines) is 1. The highest BCUT2D eigenvalue weighted by molar-refractivity contribution is 6.30. The van der Waals surface area contributed by atoms with Crippen LogP contribution in [0.25, 0.3) is 0 Å². The fourth-order valence-electron chi connectivity index (χ4n) is 3.08. The van der Waals surface area contributed by atoms with Crippen molar-refractivity contribution in [3.05, 3.63) is 64.7 Å². The lowest BCUT2D eigenvalue weighted by Gasteiger charge is -2.32. The van der Waals surface area contributed by atoms with E-state index >= 15 is 0 Å². The zero-order chi connectivity index (χ0) is 18.5. The Hall–Kier alpha value is -2.53. The first kappa shape index (κ1) is 18.3. The molecule has 136 valence electrons. The fraction of sp³-hybridized carbons (Fsp3) is 0.300. The van der Waals surface area contributed by atoms with E-state index in [1.165, 1.54) is 12.1 Å².